The zero-order valence-corrected chi connectivity index (χ0v) is 12.0. The fourth-order valence-corrected chi connectivity index (χ4v) is 1.82. The van der Waals surface area contributed by atoms with Gasteiger partial charge in [-0.15, -0.1) is 0 Å². The molecule has 0 saturated heterocycles. The van der Waals surface area contributed by atoms with Gasteiger partial charge in [-0.1, -0.05) is 0 Å². The van der Waals surface area contributed by atoms with Crippen molar-refractivity contribution in [3.63, 3.8) is 0 Å². The molecule has 8 heteroatoms. The van der Waals surface area contributed by atoms with Crippen molar-refractivity contribution in [3.05, 3.63) is 22.3 Å². The zero-order valence-electron chi connectivity index (χ0n) is 7.61. The maximum absolute atomic E-state index is 10.3. The van der Waals surface area contributed by atoms with Gasteiger partial charge < -0.3 is 4.55 Å². The first-order valence-electron chi connectivity index (χ1n) is 3.24. The van der Waals surface area contributed by atoms with Crippen LogP contribution in [-0.4, -0.2) is 18.0 Å². The largest absolute Gasteiger partial charge is 1.00 e. The summed E-state index contributed by atoms with van der Waals surface area (Å²) in [7, 11) is -4.51. The first kappa shape index (κ1) is 14.3. The van der Waals surface area contributed by atoms with E-state index in [-0.39, 0.29) is 35.4 Å². The first-order chi connectivity index (χ1) is 5.88. The summed E-state index contributed by atoms with van der Waals surface area (Å²) in [6.45, 7) is 1.80. The van der Waals surface area contributed by atoms with Gasteiger partial charge in [0.05, 0.1) is 4.47 Å². The van der Waals surface area contributed by atoms with Crippen molar-refractivity contribution in [1.29, 1.82) is 0 Å². The molecule has 0 aliphatic rings. The van der Waals surface area contributed by atoms with Crippen molar-refractivity contribution in [1.82, 2.24) is 4.98 Å². The van der Waals surface area contributed by atoms with Crippen molar-refractivity contribution >= 4 is 32.1 Å². The Kier molecular flexibility index (Phi) is 5.56. The number of pyridine rings is 1. The third-order valence-corrected chi connectivity index (χ3v) is 2.25. The van der Waals surface area contributed by atoms with Gasteiger partial charge in [0.25, 0.3) is 0 Å². The van der Waals surface area contributed by atoms with E-state index in [9.17, 15) is 13.0 Å². The average Bonchev–Trinajstić information content (AvgIpc) is 1.93. The summed E-state index contributed by atoms with van der Waals surface area (Å²) in [5.74, 6) is 0.000556. The maximum atomic E-state index is 10.3. The Morgan fingerprint density at radius 1 is 1.57 bits per heavy atom. The fraction of sp³-hybridized carbons (Fsp3) is 0.167. The van der Waals surface area contributed by atoms with Crippen molar-refractivity contribution in [2.75, 3.05) is 4.72 Å². The molecule has 1 aromatic heterocycles. The SMILES string of the molecule is Cc1cnc(NS(=O)(=O)[O-])c(Br)c1.[Na+]. The van der Waals surface area contributed by atoms with Crippen LogP contribution in [0.15, 0.2) is 16.7 Å². The molecule has 5 nitrogen and oxygen atoms in total. The molecule has 0 saturated carbocycles. The van der Waals surface area contributed by atoms with Crippen LogP contribution in [0.2, 0.25) is 0 Å². The average molecular weight is 289 g/mol. The second-order valence-corrected chi connectivity index (χ2v) is 4.37. The molecule has 0 radical (unpaired) electrons. The van der Waals surface area contributed by atoms with Gasteiger partial charge in [0, 0.05) is 6.20 Å². The molecule has 0 bridgehead atoms. The van der Waals surface area contributed by atoms with Crippen LogP contribution in [0, 0.1) is 6.92 Å². The molecule has 1 rings (SSSR count). The molecule has 1 heterocycles. The number of aromatic nitrogens is 1. The zero-order chi connectivity index (χ0) is 10.1. The number of nitrogens with one attached hydrogen (secondary N) is 1. The summed E-state index contributed by atoms with van der Waals surface area (Å²) in [4.78, 5) is 3.73. The molecule has 1 N–H and O–H groups in total. The summed E-state index contributed by atoms with van der Waals surface area (Å²) < 4.78 is 33.1. The van der Waals surface area contributed by atoms with Gasteiger partial charge in [-0.2, -0.15) is 0 Å². The molecule has 0 atom stereocenters. The summed E-state index contributed by atoms with van der Waals surface area (Å²) in [5, 5.41) is 0. The molecule has 0 aliphatic carbocycles. The van der Waals surface area contributed by atoms with E-state index < -0.39 is 10.3 Å². The predicted molar refractivity (Wildman–Crippen MR) is 50.0 cm³/mol. The number of halogens is 1. The minimum Gasteiger partial charge on any atom is -0.731 e. The van der Waals surface area contributed by atoms with Gasteiger partial charge in [-0.25, -0.2) is 13.4 Å². The smallest absolute Gasteiger partial charge is 0.731 e. The molecule has 0 spiro atoms. The molecule has 14 heavy (non-hydrogen) atoms. The van der Waals surface area contributed by atoms with E-state index in [0.29, 0.717) is 4.47 Å². The Balaban J connectivity index is 0.00000169. The van der Waals surface area contributed by atoms with E-state index >= 15 is 0 Å². The van der Waals surface area contributed by atoms with Gasteiger partial charge in [-0.3, -0.25) is 4.72 Å². The fourth-order valence-electron chi connectivity index (χ4n) is 0.727. The predicted octanol–water partition coefficient (Wildman–Crippen LogP) is -1.97. The minimum absolute atomic E-state index is 0. The monoisotopic (exact) mass is 288 g/mol. The molecule has 0 aromatic carbocycles. The van der Waals surface area contributed by atoms with Crippen molar-refractivity contribution in [2.24, 2.45) is 0 Å². The second-order valence-electron chi connectivity index (χ2n) is 2.40. The van der Waals surface area contributed by atoms with E-state index in [1.54, 1.807) is 17.7 Å². The summed E-state index contributed by atoms with van der Waals surface area (Å²) in [6, 6.07) is 1.65. The second kappa shape index (κ2) is 5.43. The van der Waals surface area contributed by atoms with Crippen LogP contribution in [0.5, 0.6) is 0 Å². The minimum atomic E-state index is -4.51. The quantitative estimate of drug-likeness (QED) is 0.506. The Labute approximate surface area is 113 Å². The molecule has 0 amide bonds. The Hall–Kier alpha value is 0.340. The number of nitrogens with zero attached hydrogens (tertiary/aromatic N) is 1. The molecular formula is C6H6BrN2NaO3S. The van der Waals surface area contributed by atoms with Crippen molar-refractivity contribution < 1.29 is 42.5 Å². The standard InChI is InChI=1S/C6H7BrN2O3S.Na/c1-4-2-5(7)6(8-3-4)9-13(10,11)12;/h2-3H,1H3,(H,8,9)(H,10,11,12);/q;+1/p-1. The molecular weight excluding hydrogens is 283 g/mol. The van der Waals surface area contributed by atoms with Crippen LogP contribution in [0.1, 0.15) is 5.56 Å². The van der Waals surface area contributed by atoms with Crippen molar-refractivity contribution in [2.45, 2.75) is 6.92 Å². The van der Waals surface area contributed by atoms with Crippen LogP contribution >= 0.6 is 15.9 Å². The van der Waals surface area contributed by atoms with Gasteiger partial charge in [0.2, 0.25) is 0 Å². The van der Waals surface area contributed by atoms with E-state index in [1.165, 1.54) is 6.20 Å². The van der Waals surface area contributed by atoms with Crippen LogP contribution in [0.4, 0.5) is 5.82 Å². The van der Waals surface area contributed by atoms with Crippen molar-refractivity contribution in [3.8, 4) is 0 Å². The van der Waals surface area contributed by atoms with Gasteiger partial charge in [0.1, 0.15) is 0 Å². The maximum Gasteiger partial charge on any atom is 1.00 e. The van der Waals surface area contributed by atoms with Gasteiger partial charge in [-0.05, 0) is 34.5 Å². The third-order valence-electron chi connectivity index (χ3n) is 1.20. The number of aryl methyl sites for hydroxylation is 1. The van der Waals surface area contributed by atoms with Crippen LogP contribution in [0.25, 0.3) is 0 Å². The molecule has 72 valence electrons. The molecule has 0 aliphatic heterocycles. The summed E-state index contributed by atoms with van der Waals surface area (Å²) >= 11 is 3.07. The molecule has 1 aromatic rings. The Bertz CT molecular complexity index is 423. The molecule has 0 fully saturated rings. The number of rotatable bonds is 2. The van der Waals surface area contributed by atoms with Crippen LogP contribution in [-0.2, 0) is 10.3 Å². The first-order valence-corrected chi connectivity index (χ1v) is 5.44. The third kappa shape index (κ3) is 4.72. The number of hydrogen-bond acceptors (Lipinski definition) is 4. The summed E-state index contributed by atoms with van der Waals surface area (Å²) in [5.41, 5.74) is 0.862. The Morgan fingerprint density at radius 2 is 2.14 bits per heavy atom. The number of hydrogen-bond donors (Lipinski definition) is 1. The number of anilines is 1. The van der Waals surface area contributed by atoms with E-state index in [1.807, 2.05) is 0 Å². The van der Waals surface area contributed by atoms with Gasteiger partial charge in [0.15, 0.2) is 16.1 Å². The topological polar surface area (TPSA) is 82.1 Å². The van der Waals surface area contributed by atoms with Crippen LogP contribution < -0.4 is 34.3 Å². The normalized spacial score (nSPS) is 10.5. The van der Waals surface area contributed by atoms with Gasteiger partial charge >= 0.3 is 29.6 Å². The van der Waals surface area contributed by atoms with E-state index in [0.717, 1.165) is 5.56 Å². The van der Waals surface area contributed by atoms with E-state index in [4.69, 9.17) is 0 Å². The summed E-state index contributed by atoms with van der Waals surface area (Å²) in [6.07, 6.45) is 1.46. The van der Waals surface area contributed by atoms with Crippen LogP contribution in [0.3, 0.4) is 0 Å². The molecule has 0 unspecified atom stereocenters. The Morgan fingerprint density at radius 3 is 2.57 bits per heavy atom. The van der Waals surface area contributed by atoms with E-state index in [2.05, 4.69) is 20.9 Å².